The Hall–Kier alpha value is -3.32. The minimum atomic E-state index is -0.671. The molecule has 1 aliphatic rings. The van der Waals surface area contributed by atoms with E-state index in [-0.39, 0.29) is 39.5 Å². The van der Waals surface area contributed by atoms with Crippen LogP contribution >= 0.6 is 11.6 Å². The lowest BCUT2D eigenvalue weighted by atomic mass is 9.82. The van der Waals surface area contributed by atoms with Gasteiger partial charge in [-0.05, 0) is 37.1 Å². The lowest BCUT2D eigenvalue weighted by Gasteiger charge is -2.28. The van der Waals surface area contributed by atoms with E-state index in [2.05, 4.69) is 0 Å². The van der Waals surface area contributed by atoms with E-state index in [0.717, 1.165) is 0 Å². The first-order valence-electron chi connectivity index (χ1n) is 8.72. The Morgan fingerprint density at radius 3 is 2.59 bits per heavy atom. The third-order valence-electron chi connectivity index (χ3n) is 5.01. The van der Waals surface area contributed by atoms with Gasteiger partial charge in [0.1, 0.15) is 22.6 Å². The highest BCUT2D eigenvalue weighted by molar-refractivity contribution is 6.32. The van der Waals surface area contributed by atoms with Crippen LogP contribution in [-0.4, -0.2) is 22.0 Å². The molecule has 4 rings (SSSR count). The van der Waals surface area contributed by atoms with E-state index in [9.17, 15) is 24.6 Å². The van der Waals surface area contributed by atoms with Crippen LogP contribution in [0.5, 0.6) is 17.2 Å². The minimum absolute atomic E-state index is 0.0363. The number of ether oxygens (including phenoxy) is 1. The molecule has 0 bridgehead atoms. The fraction of sp³-hybridized carbons (Fsp3) is 0.190. The zero-order valence-corrected chi connectivity index (χ0v) is 16.2. The third-order valence-corrected chi connectivity index (χ3v) is 5.31. The molecule has 1 unspecified atom stereocenters. The predicted molar refractivity (Wildman–Crippen MR) is 104 cm³/mol. The van der Waals surface area contributed by atoms with Crippen LogP contribution in [0.1, 0.15) is 46.3 Å². The van der Waals surface area contributed by atoms with Crippen molar-refractivity contribution in [2.45, 2.75) is 26.2 Å². The first kappa shape index (κ1) is 19.0. The number of fused-ring (bicyclic) bond motifs is 3. The summed E-state index contributed by atoms with van der Waals surface area (Å²) in [6, 6.07) is 5.66. The quantitative estimate of drug-likeness (QED) is 0.283. The monoisotopic (exact) mass is 414 g/mol. The van der Waals surface area contributed by atoms with E-state index in [1.165, 1.54) is 25.1 Å². The largest absolute Gasteiger partial charge is 0.506 e. The highest BCUT2D eigenvalue weighted by atomic mass is 35.5. The van der Waals surface area contributed by atoms with Crippen molar-refractivity contribution >= 4 is 34.3 Å². The van der Waals surface area contributed by atoms with Gasteiger partial charge < -0.3 is 19.4 Å². The van der Waals surface area contributed by atoms with Crippen molar-refractivity contribution in [1.29, 1.82) is 0 Å². The summed E-state index contributed by atoms with van der Waals surface area (Å²) < 4.78 is 10.7. The topological polar surface area (TPSA) is 114 Å². The first-order chi connectivity index (χ1) is 13.7. The van der Waals surface area contributed by atoms with Crippen molar-refractivity contribution in [2.24, 2.45) is 0 Å². The van der Waals surface area contributed by atoms with Gasteiger partial charge in [0.05, 0.1) is 16.8 Å². The van der Waals surface area contributed by atoms with Gasteiger partial charge in [0.2, 0.25) is 0 Å². The number of carbonyl (C=O) groups is 2. The van der Waals surface area contributed by atoms with E-state index in [0.29, 0.717) is 16.7 Å². The highest BCUT2D eigenvalue weighted by Gasteiger charge is 2.37. The number of ketones is 1. The summed E-state index contributed by atoms with van der Waals surface area (Å²) in [5.74, 6) is -2.48. The van der Waals surface area contributed by atoms with Gasteiger partial charge >= 0.3 is 11.6 Å². The smallest absolute Gasteiger partial charge is 0.336 e. The van der Waals surface area contributed by atoms with Gasteiger partial charge in [0, 0.05) is 17.5 Å². The van der Waals surface area contributed by atoms with Crippen molar-refractivity contribution in [3.05, 3.63) is 62.0 Å². The van der Waals surface area contributed by atoms with Crippen molar-refractivity contribution in [2.75, 3.05) is 0 Å². The number of phenolic OH excluding ortho intramolecular Hbond substituents is 2. The van der Waals surface area contributed by atoms with Crippen LogP contribution < -0.4 is 10.4 Å². The van der Waals surface area contributed by atoms with Crippen LogP contribution in [0, 0.1) is 6.92 Å². The number of rotatable bonds is 2. The summed E-state index contributed by atoms with van der Waals surface area (Å²) in [5, 5.41) is 20.7. The van der Waals surface area contributed by atoms with Crippen molar-refractivity contribution in [1.82, 2.24) is 0 Å². The molecule has 2 heterocycles. The van der Waals surface area contributed by atoms with E-state index in [1.807, 2.05) is 0 Å². The molecule has 0 radical (unpaired) electrons. The molecule has 2 aromatic carbocycles. The van der Waals surface area contributed by atoms with Crippen LogP contribution in [0.4, 0.5) is 0 Å². The molecule has 3 aromatic rings. The van der Waals surface area contributed by atoms with Crippen LogP contribution in [0.2, 0.25) is 5.02 Å². The van der Waals surface area contributed by atoms with Crippen molar-refractivity contribution in [3.63, 3.8) is 0 Å². The van der Waals surface area contributed by atoms with Crippen LogP contribution in [-0.2, 0) is 4.79 Å². The second-order valence-corrected chi connectivity index (χ2v) is 7.32. The summed E-state index contributed by atoms with van der Waals surface area (Å²) in [6.45, 7) is 2.85. The molecular weight excluding hydrogens is 400 g/mol. The van der Waals surface area contributed by atoms with Crippen LogP contribution in [0.3, 0.4) is 0 Å². The Morgan fingerprint density at radius 1 is 1.21 bits per heavy atom. The molecule has 0 spiro atoms. The van der Waals surface area contributed by atoms with Gasteiger partial charge in [-0.15, -0.1) is 0 Å². The molecule has 29 heavy (non-hydrogen) atoms. The molecule has 0 saturated carbocycles. The third kappa shape index (κ3) is 2.94. The molecule has 0 amide bonds. The molecule has 1 aliphatic heterocycles. The summed E-state index contributed by atoms with van der Waals surface area (Å²) in [4.78, 5) is 36.7. The van der Waals surface area contributed by atoms with Crippen molar-refractivity contribution < 1.29 is 29.0 Å². The molecule has 0 saturated heterocycles. The summed E-state index contributed by atoms with van der Waals surface area (Å²) >= 11 is 6.04. The number of aryl methyl sites for hydroxylation is 1. The lowest BCUT2D eigenvalue weighted by molar-refractivity contribution is -0.135. The van der Waals surface area contributed by atoms with Crippen LogP contribution in [0.25, 0.3) is 11.0 Å². The molecule has 0 aliphatic carbocycles. The number of esters is 1. The molecule has 2 N–H and O–H groups in total. The maximum absolute atomic E-state index is 12.3. The Labute approximate surface area is 169 Å². The number of Topliss-reactive ketones (excluding diaryl/α,β-unsaturated/α-hetero) is 1. The number of aromatic hydroxyl groups is 2. The summed E-state index contributed by atoms with van der Waals surface area (Å²) in [6.07, 6.45) is -0.108. The Morgan fingerprint density at radius 2 is 1.93 bits per heavy atom. The SMILES string of the molecule is CC(=O)c1c2c(c3oc(=O)cc(C)c3c1O)C(c1ccc(O)c(Cl)c1)CC(=O)O2. The predicted octanol–water partition coefficient (Wildman–Crippen LogP) is 3.81. The molecular formula is C21H15ClO7. The number of benzene rings is 2. The zero-order chi connectivity index (χ0) is 21.0. The van der Waals surface area contributed by atoms with Gasteiger partial charge in [-0.25, -0.2) is 4.79 Å². The average Bonchev–Trinajstić information content (AvgIpc) is 2.62. The maximum Gasteiger partial charge on any atom is 0.336 e. The normalized spacial score (nSPS) is 15.8. The summed E-state index contributed by atoms with van der Waals surface area (Å²) in [7, 11) is 0. The fourth-order valence-electron chi connectivity index (χ4n) is 3.76. The van der Waals surface area contributed by atoms with Crippen molar-refractivity contribution in [3.8, 4) is 17.2 Å². The number of hydrogen-bond acceptors (Lipinski definition) is 7. The standard InChI is InChI=1S/C21H15ClO7/c1-8-5-14(25)28-20-16(8)19(27)17(9(2)23)21-18(20)11(7-15(26)29-21)10-3-4-13(24)12(22)6-10/h3-6,11,24,27H,7H2,1-2H3. The minimum Gasteiger partial charge on any atom is -0.506 e. The fourth-order valence-corrected chi connectivity index (χ4v) is 3.95. The summed E-state index contributed by atoms with van der Waals surface area (Å²) in [5.41, 5.74) is 0.494. The Bertz CT molecular complexity index is 1270. The van der Waals surface area contributed by atoms with E-state index >= 15 is 0 Å². The first-order valence-corrected chi connectivity index (χ1v) is 9.10. The molecule has 1 atom stereocenters. The number of halogens is 1. The van der Waals surface area contributed by atoms with Gasteiger partial charge in [-0.1, -0.05) is 17.7 Å². The number of carbonyl (C=O) groups excluding carboxylic acids is 2. The van der Waals surface area contributed by atoms with Gasteiger partial charge in [0.25, 0.3) is 0 Å². The number of hydrogen-bond donors (Lipinski definition) is 2. The molecule has 148 valence electrons. The average molecular weight is 415 g/mol. The zero-order valence-electron chi connectivity index (χ0n) is 15.4. The van der Waals surface area contributed by atoms with Gasteiger partial charge in [-0.2, -0.15) is 0 Å². The molecule has 8 heteroatoms. The number of phenols is 2. The highest BCUT2D eigenvalue weighted by Crippen LogP contribution is 2.49. The molecule has 1 aromatic heterocycles. The molecule has 0 fully saturated rings. The Balaban J connectivity index is 2.17. The van der Waals surface area contributed by atoms with E-state index in [4.69, 9.17) is 20.8 Å². The lowest BCUT2D eigenvalue weighted by Crippen LogP contribution is -2.23. The van der Waals surface area contributed by atoms with Crippen LogP contribution in [0.15, 0.2) is 33.5 Å². The Kier molecular flexibility index (Phi) is 4.35. The van der Waals surface area contributed by atoms with E-state index < -0.39 is 29.0 Å². The second-order valence-electron chi connectivity index (χ2n) is 6.92. The van der Waals surface area contributed by atoms with E-state index in [1.54, 1.807) is 13.0 Å². The van der Waals surface area contributed by atoms with Gasteiger partial charge in [0.15, 0.2) is 11.5 Å². The maximum atomic E-state index is 12.3. The van der Waals surface area contributed by atoms with Gasteiger partial charge in [-0.3, -0.25) is 9.59 Å². The second kappa shape index (κ2) is 6.63. The molecule has 7 nitrogen and oxygen atoms in total.